The molecular formula is C51H59BN2. The fourth-order valence-corrected chi connectivity index (χ4v) is 10.1. The maximum Gasteiger partial charge on any atom is 0.252 e. The van der Waals surface area contributed by atoms with Crippen LogP contribution < -0.4 is 26.2 Å². The third kappa shape index (κ3) is 5.20. The first-order valence-electron chi connectivity index (χ1n) is 20.6. The molecule has 0 spiro atoms. The predicted molar refractivity (Wildman–Crippen MR) is 235 cm³/mol. The summed E-state index contributed by atoms with van der Waals surface area (Å²) in [6.07, 6.45) is 4.71. The van der Waals surface area contributed by atoms with Gasteiger partial charge in [-0.3, -0.25) is 0 Å². The molecule has 2 aliphatic carbocycles. The number of rotatable bonds is 2. The highest BCUT2D eigenvalue weighted by Gasteiger charge is 2.46. The minimum absolute atomic E-state index is 0.0314. The van der Waals surface area contributed by atoms with Gasteiger partial charge in [0.2, 0.25) is 0 Å². The highest BCUT2D eigenvalue weighted by Crippen LogP contribution is 2.54. The van der Waals surface area contributed by atoms with Crippen LogP contribution in [0.5, 0.6) is 0 Å². The molecule has 2 heterocycles. The average Bonchev–Trinajstić information content (AvgIpc) is 3.04. The van der Waals surface area contributed by atoms with Crippen LogP contribution in [0.1, 0.15) is 133 Å². The van der Waals surface area contributed by atoms with Gasteiger partial charge in [-0.05, 0) is 157 Å². The number of fused-ring (bicyclic) bond motifs is 6. The Morgan fingerprint density at radius 3 is 1.46 bits per heavy atom. The number of nitrogens with zero attached hydrogens (tertiary/aromatic N) is 2. The Morgan fingerprint density at radius 1 is 0.444 bits per heavy atom. The molecule has 0 saturated heterocycles. The van der Waals surface area contributed by atoms with Gasteiger partial charge in [0.05, 0.1) is 5.69 Å². The fourth-order valence-electron chi connectivity index (χ4n) is 10.1. The molecule has 2 nitrogen and oxygen atoms in total. The minimum atomic E-state index is 0.0314. The van der Waals surface area contributed by atoms with E-state index in [-0.39, 0.29) is 28.4 Å². The van der Waals surface area contributed by atoms with E-state index in [0.29, 0.717) is 0 Å². The maximum atomic E-state index is 2.77. The van der Waals surface area contributed by atoms with Crippen molar-refractivity contribution >= 4 is 57.2 Å². The van der Waals surface area contributed by atoms with E-state index < -0.39 is 0 Å². The lowest BCUT2D eigenvalue weighted by atomic mass is 9.33. The first-order valence-corrected chi connectivity index (χ1v) is 20.6. The van der Waals surface area contributed by atoms with Gasteiger partial charge >= 0.3 is 0 Å². The van der Waals surface area contributed by atoms with Gasteiger partial charge in [-0.2, -0.15) is 0 Å². The second-order valence-corrected chi connectivity index (χ2v) is 21.1. The van der Waals surface area contributed by atoms with Crippen LogP contribution in [0.3, 0.4) is 0 Å². The second kappa shape index (κ2) is 11.4. The number of aryl methyl sites for hydroxylation is 1. The molecule has 0 amide bonds. The lowest BCUT2D eigenvalue weighted by Gasteiger charge is -2.48. The van der Waals surface area contributed by atoms with E-state index in [0.717, 1.165) is 12.8 Å². The SMILES string of the molecule is Cc1cc2c3c(c1)N(c1c4c(c(C(C)(C)C)c5c1CC5)CC4)c1cc(C(C)(C)C)ccc1B3c1cc(C(C)(C)C)ccc1N2c1ccc(C(C)(C)C)cc1. The molecule has 54 heavy (non-hydrogen) atoms. The summed E-state index contributed by atoms with van der Waals surface area (Å²) in [6.45, 7) is 30.8. The minimum Gasteiger partial charge on any atom is -0.311 e. The largest absolute Gasteiger partial charge is 0.311 e. The Morgan fingerprint density at radius 2 is 0.944 bits per heavy atom. The monoisotopic (exact) mass is 710 g/mol. The van der Waals surface area contributed by atoms with Crippen molar-refractivity contribution in [2.75, 3.05) is 9.80 Å². The molecule has 276 valence electrons. The Balaban J connectivity index is 1.38. The van der Waals surface area contributed by atoms with Gasteiger partial charge in [0, 0.05) is 28.4 Å². The first kappa shape index (κ1) is 35.5. The molecule has 0 N–H and O–H groups in total. The molecule has 0 aromatic heterocycles. The molecule has 9 rings (SSSR count). The highest BCUT2D eigenvalue weighted by atomic mass is 15.2. The van der Waals surface area contributed by atoms with E-state index in [2.05, 4.69) is 173 Å². The van der Waals surface area contributed by atoms with Gasteiger partial charge in [-0.25, -0.2) is 0 Å². The number of hydrogen-bond acceptors (Lipinski definition) is 2. The molecule has 0 atom stereocenters. The molecule has 3 heteroatoms. The van der Waals surface area contributed by atoms with Crippen molar-refractivity contribution in [1.29, 1.82) is 0 Å². The van der Waals surface area contributed by atoms with E-state index in [9.17, 15) is 0 Å². The summed E-state index contributed by atoms with van der Waals surface area (Å²) in [6, 6.07) is 29.3. The molecule has 5 aromatic rings. The average molecular weight is 711 g/mol. The molecule has 4 aliphatic rings. The molecule has 0 radical (unpaired) electrons. The molecule has 0 fully saturated rings. The van der Waals surface area contributed by atoms with Gasteiger partial charge in [0.15, 0.2) is 0 Å². The predicted octanol–water partition coefficient (Wildman–Crippen LogP) is 11.5. The summed E-state index contributed by atoms with van der Waals surface area (Å²) in [7, 11) is 0. The van der Waals surface area contributed by atoms with E-state index >= 15 is 0 Å². The van der Waals surface area contributed by atoms with Crippen molar-refractivity contribution in [1.82, 2.24) is 0 Å². The zero-order valence-electron chi connectivity index (χ0n) is 35.2. The van der Waals surface area contributed by atoms with E-state index in [1.807, 2.05) is 0 Å². The second-order valence-electron chi connectivity index (χ2n) is 21.1. The van der Waals surface area contributed by atoms with Crippen molar-refractivity contribution < 1.29 is 0 Å². The number of anilines is 6. The lowest BCUT2D eigenvalue weighted by Crippen LogP contribution is -2.61. The topological polar surface area (TPSA) is 6.48 Å². The van der Waals surface area contributed by atoms with Gasteiger partial charge in [0.1, 0.15) is 0 Å². The summed E-state index contributed by atoms with van der Waals surface area (Å²) >= 11 is 0. The normalized spacial score (nSPS) is 15.8. The Bertz CT molecular complexity index is 2350. The molecule has 2 aliphatic heterocycles. The van der Waals surface area contributed by atoms with Crippen molar-refractivity contribution in [2.24, 2.45) is 0 Å². The van der Waals surface area contributed by atoms with Crippen LogP contribution in [-0.4, -0.2) is 6.71 Å². The van der Waals surface area contributed by atoms with Crippen LogP contribution in [-0.2, 0) is 47.3 Å². The standard InChI is InChI=1S/C51H59BN2/c1-30-26-43-46-44(27-30)54(47-37-22-20-35(37)45(51(11,12)13)36-21-23-38(36)47)42-29-33(50(8,9)10)16-24-39(42)52(46)40-28-32(49(5,6)7)17-25-41(40)53(43)34-18-14-31(15-19-34)48(2,3)4/h14-19,24-29H,20-23H2,1-13H3. The molecule has 5 aromatic carbocycles. The smallest absolute Gasteiger partial charge is 0.252 e. The molecular weight excluding hydrogens is 651 g/mol. The maximum absolute atomic E-state index is 2.77. The summed E-state index contributed by atoms with van der Waals surface area (Å²) in [5, 5.41) is 0. The van der Waals surface area contributed by atoms with Crippen molar-refractivity contribution in [3.63, 3.8) is 0 Å². The molecule has 0 saturated carbocycles. The molecule has 0 bridgehead atoms. The number of hydrogen-bond donors (Lipinski definition) is 0. The van der Waals surface area contributed by atoms with Crippen LogP contribution in [0.4, 0.5) is 34.1 Å². The van der Waals surface area contributed by atoms with E-state index in [4.69, 9.17) is 0 Å². The van der Waals surface area contributed by atoms with Crippen LogP contribution >= 0.6 is 0 Å². The first-order chi connectivity index (χ1) is 25.2. The van der Waals surface area contributed by atoms with E-state index in [1.54, 1.807) is 27.8 Å². The zero-order chi connectivity index (χ0) is 38.4. The van der Waals surface area contributed by atoms with Crippen LogP contribution in [0.2, 0.25) is 0 Å². The van der Waals surface area contributed by atoms with Crippen molar-refractivity contribution in [2.45, 2.75) is 137 Å². The Hall–Kier alpha value is -4.24. The summed E-state index contributed by atoms with van der Waals surface area (Å²) < 4.78 is 0. The van der Waals surface area contributed by atoms with E-state index in [1.165, 1.54) is 85.6 Å². The van der Waals surface area contributed by atoms with Gasteiger partial charge in [-0.1, -0.05) is 119 Å². The summed E-state index contributed by atoms with van der Waals surface area (Å²) in [5.74, 6) is 0. The van der Waals surface area contributed by atoms with Crippen LogP contribution in [0.15, 0.2) is 72.8 Å². The van der Waals surface area contributed by atoms with Crippen LogP contribution in [0.25, 0.3) is 0 Å². The zero-order valence-corrected chi connectivity index (χ0v) is 35.2. The third-order valence-corrected chi connectivity index (χ3v) is 13.1. The Labute approximate surface area is 326 Å². The van der Waals surface area contributed by atoms with Gasteiger partial charge in [0.25, 0.3) is 6.71 Å². The third-order valence-electron chi connectivity index (χ3n) is 13.1. The fraction of sp³-hybridized carbons (Fsp3) is 0.412. The quantitative estimate of drug-likeness (QED) is 0.165. The lowest BCUT2D eigenvalue weighted by molar-refractivity contribution is 0.553. The van der Waals surface area contributed by atoms with Crippen molar-refractivity contribution in [3.8, 4) is 0 Å². The number of benzene rings is 5. The highest BCUT2D eigenvalue weighted by molar-refractivity contribution is 7.00. The molecule has 0 unspecified atom stereocenters. The van der Waals surface area contributed by atoms with Gasteiger partial charge in [-0.15, -0.1) is 0 Å². The van der Waals surface area contributed by atoms with Gasteiger partial charge < -0.3 is 9.80 Å². The Kier molecular flexibility index (Phi) is 7.49. The van der Waals surface area contributed by atoms with Crippen LogP contribution in [0, 0.1) is 6.92 Å². The van der Waals surface area contributed by atoms with Crippen molar-refractivity contribution in [3.05, 3.63) is 123 Å². The summed E-state index contributed by atoms with van der Waals surface area (Å²) in [4.78, 5) is 5.36. The summed E-state index contributed by atoms with van der Waals surface area (Å²) in [5.41, 5.74) is 26.2.